The first-order valence-electron chi connectivity index (χ1n) is 8.31. The SMILES string of the molecule is COc1ccc(CN2CCc3c(nc(C4CC4)[nH]c3=O)C2)c(F)c1. The minimum atomic E-state index is -0.266. The van der Waals surface area contributed by atoms with Gasteiger partial charge in [-0.05, 0) is 25.3 Å². The number of aromatic amines is 1. The lowest BCUT2D eigenvalue weighted by Gasteiger charge is -2.28. The third-order valence-corrected chi connectivity index (χ3v) is 4.79. The molecule has 4 rings (SSSR count). The zero-order valence-electron chi connectivity index (χ0n) is 13.6. The summed E-state index contributed by atoms with van der Waals surface area (Å²) < 4.78 is 19.2. The molecule has 0 amide bonds. The van der Waals surface area contributed by atoms with Gasteiger partial charge in [0.2, 0.25) is 0 Å². The number of hydrogen-bond donors (Lipinski definition) is 1. The molecule has 2 aromatic rings. The van der Waals surface area contributed by atoms with E-state index in [9.17, 15) is 9.18 Å². The van der Waals surface area contributed by atoms with E-state index in [1.807, 2.05) is 0 Å². The Bertz CT molecular complexity index is 829. The molecule has 1 aromatic heterocycles. The first kappa shape index (κ1) is 15.3. The van der Waals surface area contributed by atoms with Crippen LogP contribution in [0.1, 0.15) is 41.4 Å². The molecule has 0 atom stereocenters. The number of fused-ring (bicyclic) bond motifs is 1. The highest BCUT2D eigenvalue weighted by Gasteiger charge is 2.29. The maximum absolute atomic E-state index is 14.2. The van der Waals surface area contributed by atoms with Gasteiger partial charge >= 0.3 is 0 Å². The van der Waals surface area contributed by atoms with Crippen LogP contribution in [0.25, 0.3) is 0 Å². The molecule has 6 heteroatoms. The Labute approximate surface area is 139 Å². The molecule has 1 aromatic carbocycles. The fourth-order valence-corrected chi connectivity index (χ4v) is 3.22. The molecule has 1 aliphatic heterocycles. The number of H-pyrrole nitrogens is 1. The van der Waals surface area contributed by atoms with E-state index in [1.54, 1.807) is 12.1 Å². The van der Waals surface area contributed by atoms with Crippen LogP contribution in [-0.2, 0) is 19.5 Å². The summed E-state index contributed by atoms with van der Waals surface area (Å²) in [5.41, 5.74) is 2.26. The number of aromatic nitrogens is 2. The molecule has 2 aliphatic rings. The normalized spacial score (nSPS) is 17.6. The molecule has 0 bridgehead atoms. The molecule has 1 aliphatic carbocycles. The lowest BCUT2D eigenvalue weighted by atomic mass is 10.1. The number of ether oxygens (including phenoxy) is 1. The number of nitrogens with zero attached hydrogens (tertiary/aromatic N) is 2. The number of methoxy groups -OCH3 is 1. The maximum atomic E-state index is 14.2. The zero-order chi connectivity index (χ0) is 16.7. The van der Waals surface area contributed by atoms with Gasteiger partial charge in [0, 0.05) is 42.7 Å². The van der Waals surface area contributed by atoms with E-state index >= 15 is 0 Å². The van der Waals surface area contributed by atoms with Crippen LogP contribution in [0, 0.1) is 5.82 Å². The highest BCUT2D eigenvalue weighted by atomic mass is 19.1. The predicted octanol–water partition coefficient (Wildman–Crippen LogP) is 2.35. The number of hydrogen-bond acceptors (Lipinski definition) is 4. The third kappa shape index (κ3) is 2.94. The average molecular weight is 329 g/mol. The second-order valence-corrected chi connectivity index (χ2v) is 6.57. The number of rotatable bonds is 4. The van der Waals surface area contributed by atoms with Crippen LogP contribution in [0.3, 0.4) is 0 Å². The third-order valence-electron chi connectivity index (χ3n) is 4.79. The minimum Gasteiger partial charge on any atom is -0.497 e. The van der Waals surface area contributed by atoms with Crippen molar-refractivity contribution in [1.82, 2.24) is 14.9 Å². The van der Waals surface area contributed by atoms with Gasteiger partial charge < -0.3 is 9.72 Å². The van der Waals surface area contributed by atoms with Crippen molar-refractivity contribution in [1.29, 1.82) is 0 Å². The van der Waals surface area contributed by atoms with Crippen LogP contribution in [0.4, 0.5) is 4.39 Å². The van der Waals surface area contributed by atoms with E-state index in [4.69, 9.17) is 4.74 Å². The molecule has 0 unspecified atom stereocenters. The molecule has 5 nitrogen and oxygen atoms in total. The quantitative estimate of drug-likeness (QED) is 0.935. The summed E-state index contributed by atoms with van der Waals surface area (Å²) in [6, 6.07) is 4.93. The molecule has 1 fully saturated rings. The largest absolute Gasteiger partial charge is 0.497 e. The monoisotopic (exact) mass is 329 g/mol. The summed E-state index contributed by atoms with van der Waals surface area (Å²) in [5.74, 6) is 1.48. The van der Waals surface area contributed by atoms with Gasteiger partial charge in [0.05, 0.1) is 12.8 Å². The van der Waals surface area contributed by atoms with E-state index in [1.165, 1.54) is 13.2 Å². The van der Waals surface area contributed by atoms with Crippen LogP contribution < -0.4 is 10.3 Å². The van der Waals surface area contributed by atoms with Crippen molar-refractivity contribution in [3.63, 3.8) is 0 Å². The molecule has 1 saturated carbocycles. The van der Waals surface area contributed by atoms with Crippen molar-refractivity contribution >= 4 is 0 Å². The second kappa shape index (κ2) is 6.02. The second-order valence-electron chi connectivity index (χ2n) is 6.57. The van der Waals surface area contributed by atoms with Crippen LogP contribution in [0.15, 0.2) is 23.0 Å². The van der Waals surface area contributed by atoms with Gasteiger partial charge in [-0.3, -0.25) is 9.69 Å². The van der Waals surface area contributed by atoms with Gasteiger partial charge in [0.25, 0.3) is 5.56 Å². The average Bonchev–Trinajstić information content (AvgIpc) is 3.41. The van der Waals surface area contributed by atoms with Gasteiger partial charge in [-0.1, -0.05) is 6.07 Å². The number of halogens is 1. The summed E-state index contributed by atoms with van der Waals surface area (Å²) in [5, 5.41) is 0. The predicted molar refractivity (Wildman–Crippen MR) is 87.6 cm³/mol. The Hall–Kier alpha value is -2.21. The van der Waals surface area contributed by atoms with Crippen molar-refractivity contribution in [2.75, 3.05) is 13.7 Å². The van der Waals surface area contributed by atoms with E-state index in [0.717, 1.165) is 36.5 Å². The molecule has 0 saturated heterocycles. The molecule has 24 heavy (non-hydrogen) atoms. The Morgan fingerprint density at radius 2 is 2.25 bits per heavy atom. The minimum absolute atomic E-state index is 0.00261. The van der Waals surface area contributed by atoms with Gasteiger partial charge in [-0.2, -0.15) is 0 Å². The highest BCUT2D eigenvalue weighted by Crippen LogP contribution is 2.37. The van der Waals surface area contributed by atoms with Crippen molar-refractivity contribution in [3.8, 4) is 5.75 Å². The van der Waals surface area contributed by atoms with Crippen LogP contribution >= 0.6 is 0 Å². The van der Waals surface area contributed by atoms with E-state index in [2.05, 4.69) is 14.9 Å². The smallest absolute Gasteiger partial charge is 0.254 e. The molecule has 0 radical (unpaired) electrons. The summed E-state index contributed by atoms with van der Waals surface area (Å²) in [6.07, 6.45) is 2.85. The lowest BCUT2D eigenvalue weighted by Crippen LogP contribution is -2.35. The molecular formula is C18H20FN3O2. The topological polar surface area (TPSA) is 58.2 Å². The molecule has 0 spiro atoms. The van der Waals surface area contributed by atoms with Gasteiger partial charge in [-0.25, -0.2) is 9.37 Å². The summed E-state index contributed by atoms with van der Waals surface area (Å²) >= 11 is 0. The van der Waals surface area contributed by atoms with Gasteiger partial charge in [0.15, 0.2) is 0 Å². The maximum Gasteiger partial charge on any atom is 0.254 e. The molecule has 2 heterocycles. The fourth-order valence-electron chi connectivity index (χ4n) is 3.22. The van der Waals surface area contributed by atoms with Crippen molar-refractivity contribution in [2.24, 2.45) is 0 Å². The Balaban J connectivity index is 1.54. The standard InChI is InChI=1S/C18H20FN3O2/c1-24-13-5-4-12(15(19)8-13)9-22-7-6-14-16(10-22)20-17(11-2-3-11)21-18(14)23/h4-5,8,11H,2-3,6-7,9-10H2,1H3,(H,20,21,23). The summed E-state index contributed by atoms with van der Waals surface area (Å²) in [4.78, 5) is 21.9. The Morgan fingerprint density at radius 1 is 1.42 bits per heavy atom. The molecular weight excluding hydrogens is 309 g/mol. The van der Waals surface area contributed by atoms with Gasteiger partial charge in [0.1, 0.15) is 17.4 Å². The first-order valence-corrected chi connectivity index (χ1v) is 8.31. The Morgan fingerprint density at radius 3 is 2.96 bits per heavy atom. The van der Waals surface area contributed by atoms with Gasteiger partial charge in [-0.15, -0.1) is 0 Å². The highest BCUT2D eigenvalue weighted by molar-refractivity contribution is 5.29. The summed E-state index contributed by atoms with van der Waals surface area (Å²) in [6.45, 7) is 1.82. The van der Waals surface area contributed by atoms with E-state index < -0.39 is 0 Å². The van der Waals surface area contributed by atoms with Crippen molar-refractivity contribution in [3.05, 3.63) is 57.0 Å². The molecule has 1 N–H and O–H groups in total. The van der Waals surface area contributed by atoms with Crippen LogP contribution in [0.2, 0.25) is 0 Å². The number of benzene rings is 1. The lowest BCUT2D eigenvalue weighted by molar-refractivity contribution is 0.236. The fraction of sp³-hybridized carbons (Fsp3) is 0.444. The zero-order valence-corrected chi connectivity index (χ0v) is 13.6. The summed E-state index contributed by atoms with van der Waals surface area (Å²) in [7, 11) is 1.52. The van der Waals surface area contributed by atoms with Crippen LogP contribution in [-0.4, -0.2) is 28.5 Å². The first-order chi connectivity index (χ1) is 11.6. The van der Waals surface area contributed by atoms with Crippen molar-refractivity contribution < 1.29 is 9.13 Å². The van der Waals surface area contributed by atoms with Crippen molar-refractivity contribution in [2.45, 2.75) is 38.3 Å². The van der Waals surface area contributed by atoms with Crippen LogP contribution in [0.5, 0.6) is 5.75 Å². The molecule has 126 valence electrons. The Kier molecular flexibility index (Phi) is 3.84. The number of nitrogens with one attached hydrogen (secondary N) is 1. The van der Waals surface area contributed by atoms with E-state index in [0.29, 0.717) is 36.7 Å². The van der Waals surface area contributed by atoms with E-state index in [-0.39, 0.29) is 11.4 Å².